The largest absolute Gasteiger partial charge is 0.367 e. The molecule has 2 rings (SSSR count). The zero-order valence-corrected chi connectivity index (χ0v) is 12.1. The van der Waals surface area contributed by atoms with E-state index in [-0.39, 0.29) is 0 Å². The van der Waals surface area contributed by atoms with E-state index in [0.29, 0.717) is 12.6 Å². The number of rotatable bonds is 4. The van der Waals surface area contributed by atoms with E-state index < -0.39 is 0 Å². The molecule has 0 fully saturated rings. The summed E-state index contributed by atoms with van der Waals surface area (Å²) in [5, 5.41) is 2.84. The van der Waals surface area contributed by atoms with Crippen molar-refractivity contribution in [2.24, 2.45) is 5.73 Å². The number of hydrogen-bond acceptors (Lipinski definition) is 3. The minimum Gasteiger partial charge on any atom is -0.367 e. The van der Waals surface area contributed by atoms with Gasteiger partial charge >= 0.3 is 0 Å². The van der Waals surface area contributed by atoms with Crippen LogP contribution in [0.3, 0.4) is 0 Å². The molecule has 0 bridgehead atoms. The summed E-state index contributed by atoms with van der Waals surface area (Å²) in [6, 6.07) is 10.4. The molecule has 0 aliphatic heterocycles. The van der Waals surface area contributed by atoms with Crippen LogP contribution in [-0.4, -0.2) is 7.05 Å². The maximum absolute atomic E-state index is 6.08. The molecule has 2 N–H and O–H groups in total. The van der Waals surface area contributed by atoms with Crippen molar-refractivity contribution in [2.75, 3.05) is 11.9 Å². The van der Waals surface area contributed by atoms with Crippen LogP contribution in [0.5, 0.6) is 0 Å². The number of benzene rings is 1. The lowest BCUT2D eigenvalue weighted by atomic mass is 10.1. The minimum absolute atomic E-state index is 0.314. The number of thiophene rings is 1. The van der Waals surface area contributed by atoms with E-state index in [1.807, 2.05) is 18.2 Å². The van der Waals surface area contributed by atoms with Crippen LogP contribution in [-0.2, 0) is 6.54 Å². The van der Waals surface area contributed by atoms with Gasteiger partial charge in [0.2, 0.25) is 0 Å². The molecule has 1 heterocycles. The van der Waals surface area contributed by atoms with Gasteiger partial charge in [-0.1, -0.05) is 23.7 Å². The van der Waals surface area contributed by atoms with Gasteiger partial charge in [0, 0.05) is 29.2 Å². The Labute approximate surface area is 117 Å². The Morgan fingerprint density at radius 3 is 2.78 bits per heavy atom. The van der Waals surface area contributed by atoms with Crippen molar-refractivity contribution < 1.29 is 0 Å². The van der Waals surface area contributed by atoms with Crippen LogP contribution in [0.15, 0.2) is 35.7 Å². The monoisotopic (exact) mass is 280 g/mol. The van der Waals surface area contributed by atoms with Gasteiger partial charge in [0.05, 0.1) is 6.04 Å². The molecule has 2 nitrogen and oxygen atoms in total. The van der Waals surface area contributed by atoms with Gasteiger partial charge in [0.25, 0.3) is 0 Å². The van der Waals surface area contributed by atoms with Crippen LogP contribution in [0, 0.1) is 0 Å². The van der Waals surface area contributed by atoms with Gasteiger partial charge in [0.15, 0.2) is 0 Å². The van der Waals surface area contributed by atoms with E-state index in [1.54, 1.807) is 11.3 Å². The second-order valence-corrected chi connectivity index (χ2v) is 5.70. The Kier molecular flexibility index (Phi) is 4.27. The lowest BCUT2D eigenvalue weighted by Crippen LogP contribution is -2.22. The van der Waals surface area contributed by atoms with Crippen molar-refractivity contribution in [1.82, 2.24) is 0 Å². The molecule has 96 valence electrons. The summed E-state index contributed by atoms with van der Waals surface area (Å²) in [4.78, 5) is 3.56. The molecule has 0 aliphatic carbocycles. The second kappa shape index (κ2) is 5.74. The van der Waals surface area contributed by atoms with Gasteiger partial charge in [0.1, 0.15) is 0 Å². The van der Waals surface area contributed by atoms with Crippen molar-refractivity contribution in [3.8, 4) is 0 Å². The van der Waals surface area contributed by atoms with E-state index in [1.165, 1.54) is 4.88 Å². The smallest absolute Gasteiger partial charge is 0.0603 e. The number of nitrogens with zero attached hydrogens (tertiary/aromatic N) is 1. The fourth-order valence-corrected chi connectivity index (χ4v) is 2.96. The molecule has 1 aromatic carbocycles. The van der Waals surface area contributed by atoms with E-state index in [2.05, 4.69) is 36.4 Å². The predicted molar refractivity (Wildman–Crippen MR) is 80.5 cm³/mol. The first-order valence-corrected chi connectivity index (χ1v) is 7.14. The molecular formula is C14H17ClN2S. The number of anilines is 1. The topological polar surface area (TPSA) is 29.3 Å². The fourth-order valence-electron chi connectivity index (χ4n) is 1.97. The molecule has 4 heteroatoms. The van der Waals surface area contributed by atoms with E-state index in [4.69, 9.17) is 17.3 Å². The molecule has 1 aromatic heterocycles. The van der Waals surface area contributed by atoms with E-state index in [9.17, 15) is 0 Å². The Morgan fingerprint density at radius 1 is 1.39 bits per heavy atom. The molecule has 18 heavy (non-hydrogen) atoms. The standard InChI is InChI=1S/C14H17ClN2S/c1-10(14-4-3-7-18-14)17(2)13-8-12(15)6-5-11(13)9-16/h3-8,10H,9,16H2,1-2H3. The second-order valence-electron chi connectivity index (χ2n) is 4.28. The molecule has 0 amide bonds. The van der Waals surface area contributed by atoms with Crippen molar-refractivity contribution in [3.63, 3.8) is 0 Å². The average Bonchev–Trinajstić information content (AvgIpc) is 2.90. The fraction of sp³-hybridized carbons (Fsp3) is 0.286. The molecule has 0 saturated heterocycles. The third-order valence-electron chi connectivity index (χ3n) is 3.18. The molecule has 0 spiro atoms. The number of nitrogens with two attached hydrogens (primary N) is 1. The Hall–Kier alpha value is -1.03. The average molecular weight is 281 g/mol. The van der Waals surface area contributed by atoms with Crippen molar-refractivity contribution in [1.29, 1.82) is 0 Å². The van der Waals surface area contributed by atoms with Crippen LogP contribution in [0.4, 0.5) is 5.69 Å². The first kappa shape index (κ1) is 13.4. The summed E-state index contributed by atoms with van der Waals surface area (Å²) >= 11 is 7.85. The van der Waals surface area contributed by atoms with Crippen LogP contribution in [0.1, 0.15) is 23.4 Å². The van der Waals surface area contributed by atoms with Crippen molar-refractivity contribution in [2.45, 2.75) is 19.5 Å². The summed E-state index contributed by atoms with van der Waals surface area (Å²) in [5.74, 6) is 0. The predicted octanol–water partition coefficient (Wildman–Crippen LogP) is 4.06. The Morgan fingerprint density at radius 2 is 2.17 bits per heavy atom. The summed E-state index contributed by atoms with van der Waals surface area (Å²) in [6.45, 7) is 2.71. The van der Waals surface area contributed by atoms with Crippen LogP contribution >= 0.6 is 22.9 Å². The summed E-state index contributed by atoms with van der Waals surface area (Å²) in [7, 11) is 2.08. The molecule has 0 aliphatic rings. The molecule has 0 radical (unpaired) electrons. The van der Waals surface area contributed by atoms with Crippen molar-refractivity contribution in [3.05, 3.63) is 51.2 Å². The molecule has 0 saturated carbocycles. The first-order valence-electron chi connectivity index (χ1n) is 5.88. The molecule has 1 unspecified atom stereocenters. The Bertz CT molecular complexity index is 511. The highest BCUT2D eigenvalue weighted by Gasteiger charge is 2.16. The van der Waals surface area contributed by atoms with Crippen LogP contribution in [0.25, 0.3) is 0 Å². The Balaban J connectivity index is 2.33. The SMILES string of the molecule is CC(c1cccs1)N(C)c1cc(Cl)ccc1CN. The van der Waals surface area contributed by atoms with Gasteiger partial charge in [-0.15, -0.1) is 11.3 Å². The van der Waals surface area contributed by atoms with Crippen LogP contribution < -0.4 is 10.6 Å². The lowest BCUT2D eigenvalue weighted by Gasteiger charge is -2.28. The summed E-state index contributed by atoms with van der Waals surface area (Å²) < 4.78 is 0. The molecule has 2 aromatic rings. The first-order chi connectivity index (χ1) is 8.63. The summed E-state index contributed by atoms with van der Waals surface area (Å²) in [6.07, 6.45) is 0. The van der Waals surface area contributed by atoms with Gasteiger partial charge < -0.3 is 10.6 Å². The molecular weight excluding hydrogens is 264 g/mol. The lowest BCUT2D eigenvalue weighted by molar-refractivity contribution is 0.748. The highest BCUT2D eigenvalue weighted by atomic mass is 35.5. The highest BCUT2D eigenvalue weighted by molar-refractivity contribution is 7.10. The highest BCUT2D eigenvalue weighted by Crippen LogP contribution is 2.32. The van der Waals surface area contributed by atoms with Gasteiger partial charge in [-0.2, -0.15) is 0 Å². The molecule has 1 atom stereocenters. The number of hydrogen-bond donors (Lipinski definition) is 1. The number of halogens is 1. The zero-order valence-electron chi connectivity index (χ0n) is 10.6. The maximum atomic E-state index is 6.08. The van der Waals surface area contributed by atoms with E-state index in [0.717, 1.165) is 16.3 Å². The summed E-state index contributed by atoms with van der Waals surface area (Å²) in [5.41, 5.74) is 8.01. The third kappa shape index (κ3) is 2.69. The van der Waals surface area contributed by atoms with Crippen LogP contribution in [0.2, 0.25) is 5.02 Å². The van der Waals surface area contributed by atoms with Gasteiger partial charge in [-0.25, -0.2) is 0 Å². The minimum atomic E-state index is 0.314. The van der Waals surface area contributed by atoms with E-state index >= 15 is 0 Å². The quantitative estimate of drug-likeness (QED) is 0.915. The maximum Gasteiger partial charge on any atom is 0.0603 e. The zero-order chi connectivity index (χ0) is 13.1. The normalized spacial score (nSPS) is 12.4. The van der Waals surface area contributed by atoms with Gasteiger partial charge in [-0.05, 0) is 36.1 Å². The third-order valence-corrected chi connectivity index (χ3v) is 4.46. The van der Waals surface area contributed by atoms with Crippen molar-refractivity contribution >= 4 is 28.6 Å². The van der Waals surface area contributed by atoms with Gasteiger partial charge in [-0.3, -0.25) is 0 Å².